The fraction of sp³-hybridized carbons (Fsp3) is 0.222. The second-order valence-corrected chi connectivity index (χ2v) is 8.46. The summed E-state index contributed by atoms with van der Waals surface area (Å²) in [6, 6.07) is 1.78. The Morgan fingerprint density at radius 1 is 1.20 bits per heavy atom. The van der Waals surface area contributed by atoms with Crippen LogP contribution in [-0.2, 0) is 19.1 Å². The van der Waals surface area contributed by atoms with Crippen LogP contribution in [0.25, 0.3) is 0 Å². The van der Waals surface area contributed by atoms with Crippen molar-refractivity contribution in [2.24, 2.45) is 4.40 Å². The maximum Gasteiger partial charge on any atom is 0.285 e. The van der Waals surface area contributed by atoms with Gasteiger partial charge in [-0.25, -0.2) is 8.42 Å². The lowest BCUT2D eigenvalue weighted by molar-refractivity contribution is 0.594. The van der Waals surface area contributed by atoms with E-state index in [2.05, 4.69) is 4.40 Å². The van der Waals surface area contributed by atoms with Crippen molar-refractivity contribution in [3.05, 3.63) is 17.2 Å². The molecule has 0 aromatic heterocycles. The van der Waals surface area contributed by atoms with E-state index in [4.69, 9.17) is 28.0 Å². The third kappa shape index (κ3) is 3.98. The maximum atomic E-state index is 12.0. The van der Waals surface area contributed by atoms with E-state index in [1.807, 2.05) is 0 Å². The quantitative estimate of drug-likeness (QED) is 0.373. The van der Waals surface area contributed by atoms with E-state index in [9.17, 15) is 16.8 Å². The fourth-order valence-corrected chi connectivity index (χ4v) is 3.71. The Bertz CT molecular complexity index is 758. The summed E-state index contributed by atoms with van der Waals surface area (Å²) < 4.78 is 49.9. The Labute approximate surface area is 126 Å². The number of anilines is 1. The Morgan fingerprint density at radius 2 is 1.75 bits per heavy atom. The number of nitrogens with zero attached hydrogens (tertiary/aromatic N) is 2. The molecular formula is C9H11Cl2N3O4S2. The van der Waals surface area contributed by atoms with Crippen LogP contribution >= 0.6 is 22.3 Å². The molecule has 11 heteroatoms. The molecule has 0 aliphatic rings. The molecule has 0 aliphatic heterocycles. The standard InChI is InChI=1S/C9H11Cl2N3O4S2/c1-14(2)5-13-20(17,18)8-4-9(19(11,15)16)7(12)3-6(8)10/h3-5H,12H2,1-2H3/b13-5+. The van der Waals surface area contributed by atoms with E-state index in [1.54, 1.807) is 14.1 Å². The molecule has 0 atom stereocenters. The molecule has 0 saturated heterocycles. The van der Waals surface area contributed by atoms with Gasteiger partial charge in [-0.3, -0.25) is 0 Å². The van der Waals surface area contributed by atoms with Gasteiger partial charge in [0.25, 0.3) is 19.1 Å². The van der Waals surface area contributed by atoms with Gasteiger partial charge in [-0.05, 0) is 12.1 Å². The summed E-state index contributed by atoms with van der Waals surface area (Å²) in [4.78, 5) is 0.356. The van der Waals surface area contributed by atoms with Crippen LogP contribution in [0.3, 0.4) is 0 Å². The summed E-state index contributed by atoms with van der Waals surface area (Å²) in [7, 11) is -0.0620. The summed E-state index contributed by atoms with van der Waals surface area (Å²) in [5, 5.41) is -0.248. The first-order valence-corrected chi connectivity index (χ1v) is 9.08. The molecule has 1 aromatic rings. The van der Waals surface area contributed by atoms with Crippen LogP contribution in [0.1, 0.15) is 0 Å². The van der Waals surface area contributed by atoms with Crippen molar-refractivity contribution in [1.29, 1.82) is 0 Å². The minimum absolute atomic E-state index is 0.248. The Hall–Kier alpha value is -1.03. The highest BCUT2D eigenvalue weighted by atomic mass is 35.7. The monoisotopic (exact) mass is 359 g/mol. The fourth-order valence-electron chi connectivity index (χ4n) is 1.17. The van der Waals surface area contributed by atoms with Gasteiger partial charge in [-0.1, -0.05) is 11.6 Å². The number of rotatable bonds is 4. The predicted molar refractivity (Wildman–Crippen MR) is 78.3 cm³/mol. The van der Waals surface area contributed by atoms with E-state index in [-0.39, 0.29) is 10.7 Å². The van der Waals surface area contributed by atoms with Crippen molar-refractivity contribution in [1.82, 2.24) is 4.90 Å². The van der Waals surface area contributed by atoms with Crippen LogP contribution in [0.2, 0.25) is 5.02 Å². The molecule has 0 radical (unpaired) electrons. The van der Waals surface area contributed by atoms with Crippen molar-refractivity contribution < 1.29 is 16.8 Å². The summed E-state index contributed by atoms with van der Waals surface area (Å²) in [6.07, 6.45) is 1.04. The molecule has 0 fully saturated rings. The lowest BCUT2D eigenvalue weighted by atomic mass is 10.3. The predicted octanol–water partition coefficient (Wildman–Crippen LogP) is 1.13. The Balaban J connectivity index is 3.55. The molecule has 0 unspecified atom stereocenters. The average molecular weight is 360 g/mol. The Morgan fingerprint density at radius 3 is 2.20 bits per heavy atom. The normalized spacial score (nSPS) is 12.8. The maximum absolute atomic E-state index is 12.0. The lowest BCUT2D eigenvalue weighted by Crippen LogP contribution is -2.11. The Kier molecular flexibility index (Phi) is 4.90. The lowest BCUT2D eigenvalue weighted by Gasteiger charge is -2.08. The van der Waals surface area contributed by atoms with Crippen molar-refractivity contribution in [3.63, 3.8) is 0 Å². The van der Waals surface area contributed by atoms with Crippen LogP contribution < -0.4 is 5.73 Å². The zero-order chi connectivity index (χ0) is 15.7. The van der Waals surface area contributed by atoms with Gasteiger partial charge in [0, 0.05) is 24.8 Å². The zero-order valence-corrected chi connectivity index (χ0v) is 13.6. The van der Waals surface area contributed by atoms with Gasteiger partial charge in [0.05, 0.1) is 10.7 Å². The number of sulfonamides is 1. The molecule has 1 rings (SSSR count). The highest BCUT2D eigenvalue weighted by Crippen LogP contribution is 2.32. The molecule has 112 valence electrons. The molecule has 0 saturated carbocycles. The number of hydrogen-bond acceptors (Lipinski definition) is 5. The average Bonchev–Trinajstić information content (AvgIpc) is 2.24. The zero-order valence-electron chi connectivity index (χ0n) is 10.4. The van der Waals surface area contributed by atoms with E-state index < -0.39 is 28.9 Å². The van der Waals surface area contributed by atoms with Crippen LogP contribution in [0.5, 0.6) is 0 Å². The van der Waals surface area contributed by atoms with Gasteiger partial charge in [0.1, 0.15) is 16.1 Å². The largest absolute Gasteiger partial charge is 0.398 e. The minimum atomic E-state index is -4.20. The molecule has 0 spiro atoms. The summed E-state index contributed by atoms with van der Waals surface area (Å²) in [5.74, 6) is 0. The van der Waals surface area contributed by atoms with Gasteiger partial charge in [-0.15, -0.1) is 4.40 Å². The second-order valence-electron chi connectivity index (χ2n) is 3.92. The second kappa shape index (κ2) is 5.76. The summed E-state index contributed by atoms with van der Waals surface area (Å²) >= 11 is 5.77. The van der Waals surface area contributed by atoms with Crippen LogP contribution in [0.4, 0.5) is 5.69 Å². The van der Waals surface area contributed by atoms with Crippen molar-refractivity contribution >= 4 is 53.4 Å². The number of hydrogen-bond donors (Lipinski definition) is 1. The third-order valence-corrected chi connectivity index (χ3v) is 5.09. The number of nitrogen functional groups attached to an aromatic ring is 1. The van der Waals surface area contributed by atoms with Crippen molar-refractivity contribution in [2.75, 3.05) is 19.8 Å². The van der Waals surface area contributed by atoms with Gasteiger partial charge in [0.2, 0.25) is 0 Å². The minimum Gasteiger partial charge on any atom is -0.398 e. The molecule has 2 N–H and O–H groups in total. The molecular weight excluding hydrogens is 349 g/mol. The van der Waals surface area contributed by atoms with Crippen molar-refractivity contribution in [2.45, 2.75) is 9.79 Å². The van der Waals surface area contributed by atoms with Gasteiger partial charge in [0.15, 0.2) is 0 Å². The molecule has 0 amide bonds. The molecule has 1 aromatic carbocycles. The van der Waals surface area contributed by atoms with E-state index >= 15 is 0 Å². The first-order chi connectivity index (χ1) is 8.95. The molecule has 0 aliphatic carbocycles. The van der Waals surface area contributed by atoms with Crippen LogP contribution in [-0.4, -0.2) is 42.2 Å². The number of benzene rings is 1. The first-order valence-electron chi connectivity index (χ1n) is 4.95. The highest BCUT2D eigenvalue weighted by molar-refractivity contribution is 8.13. The van der Waals surface area contributed by atoms with Gasteiger partial charge in [-0.2, -0.15) is 8.42 Å². The van der Waals surface area contributed by atoms with E-state index in [1.165, 1.54) is 4.90 Å². The SMILES string of the molecule is CN(C)/C=N/S(=O)(=O)c1cc(S(=O)(=O)Cl)c(N)cc1Cl. The first kappa shape index (κ1) is 17.0. The van der Waals surface area contributed by atoms with Crippen molar-refractivity contribution in [3.8, 4) is 0 Å². The van der Waals surface area contributed by atoms with E-state index in [0.717, 1.165) is 18.5 Å². The van der Waals surface area contributed by atoms with Crippen LogP contribution in [0, 0.1) is 0 Å². The third-order valence-electron chi connectivity index (χ3n) is 2.02. The van der Waals surface area contributed by atoms with Gasteiger partial charge < -0.3 is 10.6 Å². The molecule has 0 heterocycles. The topological polar surface area (TPSA) is 110 Å². The van der Waals surface area contributed by atoms with Crippen LogP contribution in [0.15, 0.2) is 26.3 Å². The highest BCUT2D eigenvalue weighted by Gasteiger charge is 2.23. The number of halogens is 2. The molecule has 0 bridgehead atoms. The van der Waals surface area contributed by atoms with Gasteiger partial charge >= 0.3 is 0 Å². The molecule has 20 heavy (non-hydrogen) atoms. The summed E-state index contributed by atoms with van der Waals surface area (Å²) in [5.41, 5.74) is 5.20. The number of nitrogens with two attached hydrogens (primary N) is 1. The van der Waals surface area contributed by atoms with E-state index in [0.29, 0.717) is 0 Å². The molecule has 7 nitrogen and oxygen atoms in total. The smallest absolute Gasteiger partial charge is 0.285 e. The summed E-state index contributed by atoms with van der Waals surface area (Å²) in [6.45, 7) is 0.